The molecule has 0 radical (unpaired) electrons. The lowest BCUT2D eigenvalue weighted by atomic mass is 10.1. The molecule has 0 fully saturated rings. The highest BCUT2D eigenvalue weighted by molar-refractivity contribution is 9.10. The second-order valence-corrected chi connectivity index (χ2v) is 7.70. The lowest BCUT2D eigenvalue weighted by Gasteiger charge is -2.18. The first-order chi connectivity index (χ1) is 12.4. The van der Waals surface area contributed by atoms with E-state index < -0.39 is 0 Å². The SMILES string of the molecule is COc1ccc(Br)c(CNCCN(C)C)c1OCc1c(Cl)cccc1Cl. The van der Waals surface area contributed by atoms with Crippen LogP contribution in [0.2, 0.25) is 10.0 Å². The highest BCUT2D eigenvalue weighted by Crippen LogP contribution is 2.37. The smallest absolute Gasteiger partial charge is 0.167 e. The van der Waals surface area contributed by atoms with Gasteiger partial charge in [-0.1, -0.05) is 45.2 Å². The lowest BCUT2D eigenvalue weighted by molar-refractivity contribution is 0.280. The number of nitrogens with one attached hydrogen (secondary N) is 1. The Balaban J connectivity index is 2.20. The van der Waals surface area contributed by atoms with E-state index in [1.165, 1.54) is 0 Å². The van der Waals surface area contributed by atoms with Gasteiger partial charge in [-0.2, -0.15) is 0 Å². The standard InChI is InChI=1S/C19H23BrCl2N2O2/c1-24(2)10-9-23-11-13-15(20)7-8-18(25-3)19(13)26-12-14-16(21)5-4-6-17(14)22/h4-8,23H,9-12H2,1-3H3. The molecule has 26 heavy (non-hydrogen) atoms. The number of likely N-dealkylation sites (N-methyl/N-ethyl adjacent to an activating group) is 1. The minimum absolute atomic E-state index is 0.260. The van der Waals surface area contributed by atoms with E-state index in [4.69, 9.17) is 32.7 Å². The van der Waals surface area contributed by atoms with Crippen LogP contribution in [0.1, 0.15) is 11.1 Å². The molecule has 0 saturated carbocycles. The third kappa shape index (κ3) is 5.76. The number of methoxy groups -OCH3 is 1. The highest BCUT2D eigenvalue weighted by atomic mass is 79.9. The summed E-state index contributed by atoms with van der Waals surface area (Å²) in [5.74, 6) is 1.34. The third-order valence-electron chi connectivity index (χ3n) is 3.85. The van der Waals surface area contributed by atoms with Crippen molar-refractivity contribution >= 4 is 39.1 Å². The summed E-state index contributed by atoms with van der Waals surface area (Å²) < 4.78 is 12.5. The van der Waals surface area contributed by atoms with Gasteiger partial charge in [0.05, 0.1) is 7.11 Å². The normalized spacial score (nSPS) is 11.0. The van der Waals surface area contributed by atoms with Crippen molar-refractivity contribution in [1.82, 2.24) is 10.2 Å². The van der Waals surface area contributed by atoms with Crippen LogP contribution in [0.4, 0.5) is 0 Å². The molecule has 2 aromatic rings. The summed E-state index contributed by atoms with van der Waals surface area (Å²) in [7, 11) is 5.72. The highest BCUT2D eigenvalue weighted by Gasteiger charge is 2.16. The number of halogens is 3. The predicted octanol–water partition coefficient (Wildman–Crippen LogP) is 4.99. The molecule has 0 saturated heterocycles. The van der Waals surface area contributed by atoms with Crippen molar-refractivity contribution in [3.05, 3.63) is 56.0 Å². The van der Waals surface area contributed by atoms with Crippen molar-refractivity contribution in [3.63, 3.8) is 0 Å². The van der Waals surface area contributed by atoms with Gasteiger partial charge in [0.15, 0.2) is 11.5 Å². The molecule has 4 nitrogen and oxygen atoms in total. The van der Waals surface area contributed by atoms with Gasteiger partial charge < -0.3 is 19.7 Å². The fraction of sp³-hybridized carbons (Fsp3) is 0.368. The number of benzene rings is 2. The molecule has 2 rings (SSSR count). The molecule has 0 aliphatic rings. The number of ether oxygens (including phenoxy) is 2. The Bertz CT molecular complexity index is 721. The van der Waals surface area contributed by atoms with Gasteiger partial charge in [-0.15, -0.1) is 0 Å². The van der Waals surface area contributed by atoms with Crippen molar-refractivity contribution in [2.75, 3.05) is 34.3 Å². The first-order valence-corrected chi connectivity index (χ1v) is 9.75. The zero-order chi connectivity index (χ0) is 19.1. The Morgan fingerprint density at radius 1 is 1.08 bits per heavy atom. The summed E-state index contributed by atoms with van der Waals surface area (Å²) in [5.41, 5.74) is 1.75. The largest absolute Gasteiger partial charge is 0.493 e. The molecular formula is C19H23BrCl2N2O2. The first-order valence-electron chi connectivity index (χ1n) is 8.20. The van der Waals surface area contributed by atoms with Gasteiger partial charge in [-0.05, 0) is 38.4 Å². The van der Waals surface area contributed by atoms with Crippen LogP contribution >= 0.6 is 39.1 Å². The Labute approximate surface area is 173 Å². The van der Waals surface area contributed by atoms with Crippen LogP contribution in [-0.2, 0) is 13.2 Å². The van der Waals surface area contributed by atoms with Crippen molar-refractivity contribution < 1.29 is 9.47 Å². The van der Waals surface area contributed by atoms with E-state index in [-0.39, 0.29) is 6.61 Å². The van der Waals surface area contributed by atoms with Gasteiger partial charge in [0.2, 0.25) is 0 Å². The van der Waals surface area contributed by atoms with E-state index in [9.17, 15) is 0 Å². The zero-order valence-electron chi connectivity index (χ0n) is 15.1. The van der Waals surface area contributed by atoms with Crippen LogP contribution in [0.15, 0.2) is 34.8 Å². The molecule has 0 unspecified atom stereocenters. The first kappa shape index (κ1) is 21.3. The summed E-state index contributed by atoms with van der Waals surface area (Å²) in [5, 5.41) is 4.59. The summed E-state index contributed by atoms with van der Waals surface area (Å²) in [6, 6.07) is 9.24. The van der Waals surface area contributed by atoms with E-state index in [0.717, 1.165) is 28.7 Å². The van der Waals surface area contributed by atoms with Crippen LogP contribution in [0.5, 0.6) is 11.5 Å². The maximum Gasteiger partial charge on any atom is 0.167 e. The molecule has 7 heteroatoms. The molecule has 0 amide bonds. The fourth-order valence-corrected chi connectivity index (χ4v) is 3.36. The quantitative estimate of drug-likeness (QED) is 0.533. The van der Waals surface area contributed by atoms with Crippen molar-refractivity contribution in [2.45, 2.75) is 13.2 Å². The average Bonchev–Trinajstić information content (AvgIpc) is 2.59. The average molecular weight is 462 g/mol. The van der Waals surface area contributed by atoms with Crippen LogP contribution in [0, 0.1) is 0 Å². The number of hydrogen-bond acceptors (Lipinski definition) is 4. The van der Waals surface area contributed by atoms with Gasteiger partial charge in [0.25, 0.3) is 0 Å². The molecule has 0 aromatic heterocycles. The molecule has 0 heterocycles. The maximum absolute atomic E-state index is 6.25. The number of hydrogen-bond donors (Lipinski definition) is 1. The molecule has 0 aliphatic heterocycles. The molecule has 0 atom stereocenters. The van der Waals surface area contributed by atoms with Crippen LogP contribution < -0.4 is 14.8 Å². The monoisotopic (exact) mass is 460 g/mol. The van der Waals surface area contributed by atoms with E-state index >= 15 is 0 Å². The van der Waals surface area contributed by atoms with Gasteiger partial charge in [-0.25, -0.2) is 0 Å². The van der Waals surface area contributed by atoms with Gasteiger partial charge >= 0.3 is 0 Å². The minimum Gasteiger partial charge on any atom is -0.493 e. The summed E-state index contributed by atoms with van der Waals surface area (Å²) >= 11 is 16.1. The Morgan fingerprint density at radius 3 is 2.38 bits per heavy atom. The topological polar surface area (TPSA) is 33.7 Å². The van der Waals surface area contributed by atoms with E-state index in [0.29, 0.717) is 28.1 Å². The molecule has 0 bridgehead atoms. The van der Waals surface area contributed by atoms with Crippen molar-refractivity contribution in [3.8, 4) is 11.5 Å². The van der Waals surface area contributed by atoms with Gasteiger partial charge in [0.1, 0.15) is 6.61 Å². The predicted molar refractivity (Wildman–Crippen MR) is 112 cm³/mol. The van der Waals surface area contributed by atoms with E-state index in [1.807, 2.05) is 32.3 Å². The summed E-state index contributed by atoms with van der Waals surface area (Å²) in [4.78, 5) is 2.13. The maximum atomic E-state index is 6.25. The number of nitrogens with zero attached hydrogens (tertiary/aromatic N) is 1. The van der Waals surface area contributed by atoms with Crippen LogP contribution in [0.3, 0.4) is 0 Å². The van der Waals surface area contributed by atoms with Gasteiger partial charge in [-0.3, -0.25) is 0 Å². The van der Waals surface area contributed by atoms with Crippen molar-refractivity contribution in [1.29, 1.82) is 0 Å². The third-order valence-corrected chi connectivity index (χ3v) is 5.30. The lowest BCUT2D eigenvalue weighted by Crippen LogP contribution is -2.26. The van der Waals surface area contributed by atoms with E-state index in [1.54, 1.807) is 19.2 Å². The fourth-order valence-electron chi connectivity index (χ4n) is 2.40. The molecule has 1 N–H and O–H groups in total. The molecule has 0 spiro atoms. The molecule has 0 aliphatic carbocycles. The molecular weight excluding hydrogens is 439 g/mol. The van der Waals surface area contributed by atoms with Gasteiger partial charge in [0, 0.05) is 45.3 Å². The Morgan fingerprint density at radius 2 is 1.77 bits per heavy atom. The van der Waals surface area contributed by atoms with Crippen LogP contribution in [0.25, 0.3) is 0 Å². The minimum atomic E-state index is 0.260. The Kier molecular flexibility index (Phi) is 8.51. The van der Waals surface area contributed by atoms with E-state index in [2.05, 4.69) is 26.1 Å². The van der Waals surface area contributed by atoms with Crippen LogP contribution in [-0.4, -0.2) is 39.2 Å². The second kappa shape index (κ2) is 10.4. The zero-order valence-corrected chi connectivity index (χ0v) is 18.2. The second-order valence-electron chi connectivity index (χ2n) is 6.03. The van der Waals surface area contributed by atoms with Crippen molar-refractivity contribution in [2.24, 2.45) is 0 Å². The number of rotatable bonds is 9. The summed E-state index contributed by atoms with van der Waals surface area (Å²) in [6.07, 6.45) is 0. The summed E-state index contributed by atoms with van der Waals surface area (Å²) in [6.45, 7) is 2.73. The molecule has 142 valence electrons. The molecule has 2 aromatic carbocycles. The Hall–Kier alpha value is -0.980.